The number of rotatable bonds is 3. The van der Waals surface area contributed by atoms with E-state index in [-0.39, 0.29) is 11.4 Å². The van der Waals surface area contributed by atoms with Crippen molar-refractivity contribution < 1.29 is 8.78 Å². The summed E-state index contributed by atoms with van der Waals surface area (Å²) >= 11 is 12.1. The predicted octanol–water partition coefficient (Wildman–Crippen LogP) is 6.46. The fourth-order valence-corrected chi connectivity index (χ4v) is 3.31. The van der Waals surface area contributed by atoms with Gasteiger partial charge in [-0.2, -0.15) is 0 Å². The van der Waals surface area contributed by atoms with Gasteiger partial charge in [0.25, 0.3) is 0 Å². The van der Waals surface area contributed by atoms with Gasteiger partial charge in [0.1, 0.15) is 17.3 Å². The van der Waals surface area contributed by atoms with E-state index in [0.29, 0.717) is 15.7 Å². The Morgan fingerprint density at radius 1 is 0.679 bits per heavy atom. The van der Waals surface area contributed by atoms with Crippen molar-refractivity contribution in [1.29, 1.82) is 0 Å². The van der Waals surface area contributed by atoms with Crippen LogP contribution in [0, 0.1) is 11.6 Å². The lowest BCUT2D eigenvalue weighted by Crippen LogP contribution is -1.98. The van der Waals surface area contributed by atoms with Gasteiger partial charge in [-0.1, -0.05) is 53.5 Å². The summed E-state index contributed by atoms with van der Waals surface area (Å²) in [6.45, 7) is 0. The van der Waals surface area contributed by atoms with Crippen LogP contribution >= 0.6 is 23.2 Å². The topological polar surface area (TPSA) is 38.7 Å². The normalized spacial score (nSPS) is 10.9. The van der Waals surface area contributed by atoms with Crippen LogP contribution < -0.4 is 0 Å². The van der Waals surface area contributed by atoms with E-state index in [1.807, 2.05) is 36.4 Å². The third-order valence-electron chi connectivity index (χ3n) is 4.12. The van der Waals surface area contributed by atoms with Crippen LogP contribution in [-0.2, 0) is 0 Å². The molecule has 7 heteroatoms. The Balaban J connectivity index is 1.63. The maximum atomic E-state index is 13.9. The Hall–Kier alpha value is -2.89. The molecule has 0 unspecified atom stereocenters. The molecule has 28 heavy (non-hydrogen) atoms. The lowest BCUT2D eigenvalue weighted by atomic mass is 10.0. The van der Waals surface area contributed by atoms with E-state index in [0.717, 1.165) is 28.8 Å². The molecule has 1 heterocycles. The first kappa shape index (κ1) is 18.5. The van der Waals surface area contributed by atoms with Crippen LogP contribution in [-0.4, -0.2) is 15.2 Å². The Labute approximate surface area is 169 Å². The molecule has 138 valence electrons. The Kier molecular flexibility index (Phi) is 5.03. The maximum absolute atomic E-state index is 13.9. The second kappa shape index (κ2) is 7.62. The summed E-state index contributed by atoms with van der Waals surface area (Å²) < 4.78 is 27.7. The molecule has 0 radical (unpaired) electrons. The van der Waals surface area contributed by atoms with Crippen LogP contribution in [0.4, 0.5) is 8.78 Å². The van der Waals surface area contributed by atoms with Crippen LogP contribution in [0.5, 0.6) is 0 Å². The lowest BCUT2D eigenvalue weighted by molar-refractivity contribution is 0.586. The molecule has 0 bridgehead atoms. The van der Waals surface area contributed by atoms with Gasteiger partial charge in [-0.25, -0.2) is 13.8 Å². The molecule has 0 saturated carbocycles. The van der Waals surface area contributed by atoms with Crippen molar-refractivity contribution in [3.63, 3.8) is 0 Å². The van der Waals surface area contributed by atoms with E-state index in [2.05, 4.69) is 15.2 Å². The standard InChI is InChI=1S/C21H11Cl2F2N3/c22-15-8-14(9-16(23)10-15)12-4-6-13(7-5-12)19-11-26-21(28-27-19)20-17(24)2-1-3-18(20)25/h1-11H. The Morgan fingerprint density at radius 3 is 1.86 bits per heavy atom. The fourth-order valence-electron chi connectivity index (χ4n) is 2.79. The number of halogens is 4. The predicted molar refractivity (Wildman–Crippen MR) is 106 cm³/mol. The average molecular weight is 414 g/mol. The summed E-state index contributed by atoms with van der Waals surface area (Å²) in [5, 5.41) is 9.03. The minimum atomic E-state index is -0.737. The molecule has 0 spiro atoms. The lowest BCUT2D eigenvalue weighted by Gasteiger charge is -2.06. The molecule has 4 rings (SSSR count). The highest BCUT2D eigenvalue weighted by molar-refractivity contribution is 6.35. The molecule has 0 saturated heterocycles. The van der Waals surface area contributed by atoms with Crippen LogP contribution in [0.3, 0.4) is 0 Å². The number of hydrogen-bond acceptors (Lipinski definition) is 3. The molecule has 0 aliphatic heterocycles. The van der Waals surface area contributed by atoms with Gasteiger partial charge in [-0.05, 0) is 41.5 Å². The third-order valence-corrected chi connectivity index (χ3v) is 4.56. The fraction of sp³-hybridized carbons (Fsp3) is 0. The molecule has 3 nitrogen and oxygen atoms in total. The quantitative estimate of drug-likeness (QED) is 0.386. The second-order valence-corrected chi connectivity index (χ2v) is 6.87. The molecule has 0 amide bonds. The number of hydrogen-bond donors (Lipinski definition) is 0. The average Bonchev–Trinajstić information content (AvgIpc) is 2.68. The minimum absolute atomic E-state index is 0.107. The van der Waals surface area contributed by atoms with Crippen molar-refractivity contribution in [2.45, 2.75) is 0 Å². The van der Waals surface area contributed by atoms with Gasteiger partial charge in [-0.15, -0.1) is 10.2 Å². The molecule has 0 aliphatic rings. The number of aromatic nitrogens is 3. The minimum Gasteiger partial charge on any atom is -0.233 e. The molecule has 0 aliphatic carbocycles. The first-order valence-corrected chi connectivity index (χ1v) is 8.98. The van der Waals surface area contributed by atoms with Gasteiger partial charge >= 0.3 is 0 Å². The summed E-state index contributed by atoms with van der Waals surface area (Å²) in [5.41, 5.74) is 2.76. The van der Waals surface area contributed by atoms with Crippen molar-refractivity contribution >= 4 is 23.2 Å². The SMILES string of the molecule is Fc1cccc(F)c1-c1ncc(-c2ccc(-c3cc(Cl)cc(Cl)c3)cc2)nn1. The number of benzene rings is 3. The van der Waals surface area contributed by atoms with Gasteiger partial charge in [0, 0.05) is 15.6 Å². The maximum Gasteiger partial charge on any atom is 0.187 e. The highest BCUT2D eigenvalue weighted by Crippen LogP contribution is 2.29. The monoisotopic (exact) mass is 413 g/mol. The molecular formula is C21H11Cl2F2N3. The zero-order valence-electron chi connectivity index (χ0n) is 14.2. The van der Waals surface area contributed by atoms with Gasteiger partial charge < -0.3 is 0 Å². The van der Waals surface area contributed by atoms with Gasteiger partial charge in [0.15, 0.2) is 5.82 Å². The molecule has 0 N–H and O–H groups in total. The van der Waals surface area contributed by atoms with E-state index >= 15 is 0 Å². The molecule has 0 atom stereocenters. The van der Waals surface area contributed by atoms with E-state index in [1.165, 1.54) is 12.3 Å². The zero-order chi connectivity index (χ0) is 19.7. The van der Waals surface area contributed by atoms with Crippen molar-refractivity contribution in [2.24, 2.45) is 0 Å². The molecule has 4 aromatic rings. The van der Waals surface area contributed by atoms with Crippen molar-refractivity contribution in [2.75, 3.05) is 0 Å². The summed E-state index contributed by atoms with van der Waals surface area (Å²) in [6.07, 6.45) is 1.43. The molecule has 0 fully saturated rings. The second-order valence-electron chi connectivity index (χ2n) is 6.00. The molecular weight excluding hydrogens is 403 g/mol. The first-order valence-electron chi connectivity index (χ1n) is 8.22. The summed E-state index contributed by atoms with van der Waals surface area (Å²) in [7, 11) is 0. The van der Waals surface area contributed by atoms with Gasteiger partial charge in [0.05, 0.1) is 11.8 Å². The zero-order valence-corrected chi connectivity index (χ0v) is 15.7. The first-order chi connectivity index (χ1) is 13.5. The highest BCUT2D eigenvalue weighted by atomic mass is 35.5. The largest absolute Gasteiger partial charge is 0.233 e. The number of nitrogens with zero attached hydrogens (tertiary/aromatic N) is 3. The summed E-state index contributed by atoms with van der Waals surface area (Å²) in [5.74, 6) is -1.58. The van der Waals surface area contributed by atoms with Crippen LogP contribution in [0.25, 0.3) is 33.8 Å². The smallest absolute Gasteiger partial charge is 0.187 e. The van der Waals surface area contributed by atoms with Crippen LogP contribution in [0.2, 0.25) is 10.0 Å². The van der Waals surface area contributed by atoms with Gasteiger partial charge in [0.2, 0.25) is 0 Å². The van der Waals surface area contributed by atoms with Crippen molar-refractivity contribution in [1.82, 2.24) is 15.2 Å². The highest BCUT2D eigenvalue weighted by Gasteiger charge is 2.14. The van der Waals surface area contributed by atoms with E-state index < -0.39 is 11.6 Å². The van der Waals surface area contributed by atoms with E-state index in [4.69, 9.17) is 23.2 Å². The van der Waals surface area contributed by atoms with Crippen LogP contribution in [0.15, 0.2) is 66.9 Å². The van der Waals surface area contributed by atoms with Crippen molar-refractivity contribution in [3.05, 3.63) is 88.5 Å². The summed E-state index contributed by atoms with van der Waals surface area (Å²) in [4.78, 5) is 4.06. The van der Waals surface area contributed by atoms with E-state index in [1.54, 1.807) is 6.07 Å². The van der Waals surface area contributed by atoms with Gasteiger partial charge in [-0.3, -0.25) is 0 Å². The summed E-state index contributed by atoms with van der Waals surface area (Å²) in [6, 6.07) is 16.4. The third kappa shape index (κ3) is 3.72. The van der Waals surface area contributed by atoms with E-state index in [9.17, 15) is 8.78 Å². The molecule has 3 aromatic carbocycles. The Bertz CT molecular complexity index is 1110. The van der Waals surface area contributed by atoms with Crippen LogP contribution in [0.1, 0.15) is 0 Å². The molecule has 1 aromatic heterocycles. The van der Waals surface area contributed by atoms with Crippen molar-refractivity contribution in [3.8, 4) is 33.8 Å². The Morgan fingerprint density at radius 2 is 1.29 bits per heavy atom.